The smallest absolute Gasteiger partial charge is 0.339 e. The molecule has 0 radical (unpaired) electrons. The van der Waals surface area contributed by atoms with Crippen LogP contribution in [0.15, 0.2) is 30.5 Å². The molecule has 0 aliphatic rings. The summed E-state index contributed by atoms with van der Waals surface area (Å²) in [6.07, 6.45) is 1.41. The summed E-state index contributed by atoms with van der Waals surface area (Å²) in [6.45, 7) is 1.89. The fourth-order valence-corrected chi connectivity index (χ4v) is 1.76. The van der Waals surface area contributed by atoms with Crippen molar-refractivity contribution in [1.29, 1.82) is 0 Å². The summed E-state index contributed by atoms with van der Waals surface area (Å²) >= 11 is 0. The summed E-state index contributed by atoms with van der Waals surface area (Å²) in [5.74, 6) is -1.04. The minimum absolute atomic E-state index is 0.000152. The topological polar surface area (TPSA) is 98.3 Å². The predicted octanol–water partition coefficient (Wildman–Crippen LogP) is 1.85. The third kappa shape index (κ3) is 2.76. The summed E-state index contributed by atoms with van der Waals surface area (Å²) in [5.41, 5.74) is 1.23. The highest BCUT2D eigenvalue weighted by molar-refractivity contribution is 5.88. The molecule has 0 saturated heterocycles. The third-order valence-electron chi connectivity index (χ3n) is 2.64. The van der Waals surface area contributed by atoms with Gasteiger partial charge in [0.05, 0.1) is 17.2 Å². The molecule has 7 nitrogen and oxygen atoms in total. The Labute approximate surface area is 108 Å². The maximum absolute atomic E-state index is 10.9. The number of carboxylic acid groups (broad SMARTS) is 1. The van der Waals surface area contributed by atoms with Crippen molar-refractivity contribution in [1.82, 2.24) is 9.78 Å². The summed E-state index contributed by atoms with van der Waals surface area (Å²) in [6, 6.07) is 6.16. The lowest BCUT2D eigenvalue weighted by molar-refractivity contribution is -0.384. The number of carbonyl (C=O) groups is 1. The van der Waals surface area contributed by atoms with Crippen LogP contribution >= 0.6 is 0 Å². The van der Waals surface area contributed by atoms with Crippen molar-refractivity contribution in [2.45, 2.75) is 13.5 Å². The number of aromatic carboxylic acids is 1. The Bertz CT molecular complexity index is 648. The first-order valence-electron chi connectivity index (χ1n) is 5.48. The lowest BCUT2D eigenvalue weighted by Crippen LogP contribution is -2.01. The normalized spacial score (nSPS) is 10.4. The zero-order chi connectivity index (χ0) is 14.0. The van der Waals surface area contributed by atoms with Crippen LogP contribution in [-0.2, 0) is 6.54 Å². The van der Waals surface area contributed by atoms with Crippen LogP contribution in [-0.4, -0.2) is 25.8 Å². The standard InChI is InChI=1S/C12H11N3O4/c1-8-11(12(16)17)7-14(13-8)6-9-3-2-4-10(5-9)15(18)19/h2-5,7H,6H2,1H3,(H,16,17). The van der Waals surface area contributed by atoms with Gasteiger partial charge in [0.1, 0.15) is 5.56 Å². The molecule has 0 bridgehead atoms. The van der Waals surface area contributed by atoms with E-state index in [4.69, 9.17) is 5.11 Å². The van der Waals surface area contributed by atoms with Gasteiger partial charge in [-0.3, -0.25) is 14.8 Å². The quantitative estimate of drug-likeness (QED) is 0.668. The van der Waals surface area contributed by atoms with E-state index in [1.807, 2.05) is 0 Å². The van der Waals surface area contributed by atoms with Crippen LogP contribution < -0.4 is 0 Å². The van der Waals surface area contributed by atoms with E-state index in [1.165, 1.54) is 23.0 Å². The van der Waals surface area contributed by atoms with Gasteiger partial charge in [-0.2, -0.15) is 5.10 Å². The number of nitrogens with zero attached hydrogens (tertiary/aromatic N) is 3. The van der Waals surface area contributed by atoms with E-state index >= 15 is 0 Å². The maximum atomic E-state index is 10.9. The molecule has 1 N–H and O–H groups in total. The minimum Gasteiger partial charge on any atom is -0.478 e. The Morgan fingerprint density at radius 2 is 2.26 bits per heavy atom. The Morgan fingerprint density at radius 1 is 1.53 bits per heavy atom. The van der Waals surface area contributed by atoms with Crippen molar-refractivity contribution in [2.24, 2.45) is 0 Å². The van der Waals surface area contributed by atoms with Gasteiger partial charge >= 0.3 is 5.97 Å². The SMILES string of the molecule is Cc1nn(Cc2cccc([N+](=O)[O-])c2)cc1C(=O)O. The maximum Gasteiger partial charge on any atom is 0.339 e. The average molecular weight is 261 g/mol. The number of hydrogen-bond acceptors (Lipinski definition) is 4. The van der Waals surface area contributed by atoms with Crippen LogP contribution in [0.3, 0.4) is 0 Å². The highest BCUT2D eigenvalue weighted by atomic mass is 16.6. The molecule has 1 heterocycles. The molecule has 1 aromatic carbocycles. The van der Waals surface area contributed by atoms with E-state index in [-0.39, 0.29) is 17.8 Å². The van der Waals surface area contributed by atoms with Crippen LogP contribution in [0.2, 0.25) is 0 Å². The predicted molar refractivity (Wildman–Crippen MR) is 66.1 cm³/mol. The third-order valence-corrected chi connectivity index (χ3v) is 2.64. The molecule has 0 aliphatic heterocycles. The van der Waals surface area contributed by atoms with Gasteiger partial charge in [-0.05, 0) is 12.5 Å². The van der Waals surface area contributed by atoms with E-state index in [2.05, 4.69) is 5.10 Å². The molecule has 2 aromatic rings. The second-order valence-corrected chi connectivity index (χ2v) is 4.06. The van der Waals surface area contributed by atoms with Gasteiger partial charge in [-0.25, -0.2) is 4.79 Å². The van der Waals surface area contributed by atoms with Gasteiger partial charge in [0.2, 0.25) is 0 Å². The molecule has 0 fully saturated rings. The highest BCUT2D eigenvalue weighted by Gasteiger charge is 2.12. The number of aryl methyl sites for hydroxylation is 1. The number of benzene rings is 1. The number of carboxylic acids is 1. The van der Waals surface area contributed by atoms with E-state index in [9.17, 15) is 14.9 Å². The molecule has 0 saturated carbocycles. The Kier molecular flexibility index (Phi) is 3.28. The van der Waals surface area contributed by atoms with E-state index in [1.54, 1.807) is 19.1 Å². The number of aromatic nitrogens is 2. The van der Waals surface area contributed by atoms with Gasteiger partial charge < -0.3 is 5.11 Å². The molecule has 0 aliphatic carbocycles. The van der Waals surface area contributed by atoms with Crippen LogP contribution in [0, 0.1) is 17.0 Å². The number of nitro groups is 1. The zero-order valence-corrected chi connectivity index (χ0v) is 10.1. The van der Waals surface area contributed by atoms with Gasteiger partial charge in [0.25, 0.3) is 5.69 Å². The van der Waals surface area contributed by atoms with Crippen molar-refractivity contribution >= 4 is 11.7 Å². The molecule has 0 atom stereocenters. The average Bonchev–Trinajstić information content (AvgIpc) is 2.70. The summed E-state index contributed by atoms with van der Waals surface area (Å²) < 4.78 is 1.46. The van der Waals surface area contributed by atoms with Gasteiger partial charge in [0.15, 0.2) is 0 Å². The van der Waals surface area contributed by atoms with Crippen molar-refractivity contribution in [3.8, 4) is 0 Å². The van der Waals surface area contributed by atoms with Crippen molar-refractivity contribution in [3.63, 3.8) is 0 Å². The highest BCUT2D eigenvalue weighted by Crippen LogP contribution is 2.14. The van der Waals surface area contributed by atoms with Crippen molar-refractivity contribution in [2.75, 3.05) is 0 Å². The van der Waals surface area contributed by atoms with Gasteiger partial charge in [0, 0.05) is 18.3 Å². The van der Waals surface area contributed by atoms with Crippen LogP contribution in [0.25, 0.3) is 0 Å². The fourth-order valence-electron chi connectivity index (χ4n) is 1.76. The molecule has 0 amide bonds. The van der Waals surface area contributed by atoms with Crippen molar-refractivity contribution < 1.29 is 14.8 Å². The molecular weight excluding hydrogens is 250 g/mol. The summed E-state index contributed by atoms with van der Waals surface area (Å²) in [7, 11) is 0. The fraction of sp³-hybridized carbons (Fsp3) is 0.167. The Morgan fingerprint density at radius 3 is 2.84 bits per heavy atom. The number of non-ortho nitro benzene ring substituents is 1. The molecule has 7 heteroatoms. The van der Waals surface area contributed by atoms with Gasteiger partial charge in [-0.15, -0.1) is 0 Å². The van der Waals surface area contributed by atoms with Crippen LogP contribution in [0.5, 0.6) is 0 Å². The minimum atomic E-state index is -1.04. The second-order valence-electron chi connectivity index (χ2n) is 4.06. The molecule has 2 rings (SSSR count). The molecule has 1 aromatic heterocycles. The monoisotopic (exact) mass is 261 g/mol. The lowest BCUT2D eigenvalue weighted by Gasteiger charge is -2.01. The number of rotatable bonds is 4. The van der Waals surface area contributed by atoms with E-state index in [0.717, 1.165) is 0 Å². The first kappa shape index (κ1) is 12.7. The second kappa shape index (κ2) is 4.89. The molecule has 0 spiro atoms. The number of hydrogen-bond donors (Lipinski definition) is 1. The summed E-state index contributed by atoms with van der Waals surface area (Å²) in [4.78, 5) is 21.1. The number of nitro benzene ring substituents is 1. The van der Waals surface area contributed by atoms with Crippen molar-refractivity contribution in [3.05, 3.63) is 57.4 Å². The molecule has 98 valence electrons. The first-order valence-corrected chi connectivity index (χ1v) is 5.48. The molecule has 19 heavy (non-hydrogen) atoms. The van der Waals surface area contributed by atoms with E-state index < -0.39 is 10.9 Å². The summed E-state index contributed by atoms with van der Waals surface area (Å²) in [5, 5.41) is 23.6. The van der Waals surface area contributed by atoms with Gasteiger partial charge in [-0.1, -0.05) is 12.1 Å². The largest absolute Gasteiger partial charge is 0.478 e. The van der Waals surface area contributed by atoms with E-state index in [0.29, 0.717) is 11.3 Å². The first-order chi connectivity index (χ1) is 8.97. The Balaban J connectivity index is 2.26. The Hall–Kier alpha value is -2.70. The molecule has 0 unspecified atom stereocenters. The van der Waals surface area contributed by atoms with Crippen LogP contribution in [0.4, 0.5) is 5.69 Å². The zero-order valence-electron chi connectivity index (χ0n) is 10.1. The lowest BCUT2D eigenvalue weighted by atomic mass is 10.2. The van der Waals surface area contributed by atoms with Crippen LogP contribution in [0.1, 0.15) is 21.6 Å². The molecular formula is C12H11N3O4.